The van der Waals surface area contributed by atoms with Gasteiger partial charge in [0.2, 0.25) is 0 Å². The fourth-order valence-corrected chi connectivity index (χ4v) is 1.73. The number of rotatable bonds is 8. The van der Waals surface area contributed by atoms with Crippen LogP contribution in [0.25, 0.3) is 0 Å². The Hall–Kier alpha value is -0.750. The number of ether oxygens (including phenoxy) is 2. The minimum atomic E-state index is -4.25. The van der Waals surface area contributed by atoms with Crippen LogP contribution >= 0.6 is 0 Å². The van der Waals surface area contributed by atoms with Crippen LogP contribution in [0.3, 0.4) is 0 Å². The van der Waals surface area contributed by atoms with E-state index in [4.69, 9.17) is 4.74 Å². The molecule has 3 nitrogen and oxygen atoms in total. The van der Waals surface area contributed by atoms with Crippen LogP contribution in [0.4, 0.5) is 13.2 Å². The van der Waals surface area contributed by atoms with Crippen molar-refractivity contribution in [3.8, 4) is 0 Å². The van der Waals surface area contributed by atoms with E-state index in [1.165, 1.54) is 0 Å². The van der Waals surface area contributed by atoms with Gasteiger partial charge in [-0.2, -0.15) is 13.2 Å². The highest BCUT2D eigenvalue weighted by Gasteiger charge is 2.27. The zero-order chi connectivity index (χ0) is 13.4. The number of alkyl halides is 3. The highest BCUT2D eigenvalue weighted by atomic mass is 19.4. The summed E-state index contributed by atoms with van der Waals surface area (Å²) in [5, 5.41) is 3.25. The minimum Gasteiger partial charge on any atom is -0.496 e. The monoisotopic (exact) mass is 267 g/mol. The van der Waals surface area contributed by atoms with Crippen LogP contribution in [0, 0.1) is 0 Å². The summed E-state index contributed by atoms with van der Waals surface area (Å²) in [5.41, 5.74) is 0. The minimum absolute atomic E-state index is 0.0410. The Morgan fingerprint density at radius 2 is 2.28 bits per heavy atom. The Balaban J connectivity index is 2.28. The molecule has 1 aliphatic heterocycles. The third-order valence-corrected chi connectivity index (χ3v) is 2.53. The largest absolute Gasteiger partial charge is 0.496 e. The lowest BCUT2D eigenvalue weighted by Crippen LogP contribution is -2.33. The SMILES string of the molecule is CCCNC(CCOCC(F)(F)F)C1=CCCO1. The second-order valence-electron chi connectivity index (χ2n) is 4.21. The molecule has 1 aliphatic rings. The maximum absolute atomic E-state index is 11.9. The molecule has 0 fully saturated rings. The lowest BCUT2D eigenvalue weighted by molar-refractivity contribution is -0.174. The fraction of sp³-hybridized carbons (Fsp3) is 0.833. The Kier molecular flexibility index (Phi) is 6.49. The smallest absolute Gasteiger partial charge is 0.411 e. The number of halogens is 3. The Bertz CT molecular complexity index is 267. The van der Waals surface area contributed by atoms with E-state index in [9.17, 15) is 13.2 Å². The van der Waals surface area contributed by atoms with Crippen LogP contribution in [0.2, 0.25) is 0 Å². The standard InChI is InChI=1S/C12H20F3NO2/c1-2-6-16-10(11-4-3-7-18-11)5-8-17-9-12(13,14)15/h4,10,16H,2-3,5-9H2,1H3. The van der Waals surface area contributed by atoms with Crippen LogP contribution in [-0.4, -0.2) is 38.6 Å². The first-order chi connectivity index (χ1) is 8.53. The summed E-state index contributed by atoms with van der Waals surface area (Å²) in [5.74, 6) is 0.832. The molecular formula is C12H20F3NO2. The molecule has 0 bridgehead atoms. The van der Waals surface area contributed by atoms with Gasteiger partial charge in [0, 0.05) is 13.0 Å². The quantitative estimate of drug-likeness (QED) is 0.686. The van der Waals surface area contributed by atoms with E-state index in [-0.39, 0.29) is 12.6 Å². The molecule has 0 aromatic carbocycles. The average molecular weight is 267 g/mol. The average Bonchev–Trinajstić information content (AvgIpc) is 2.80. The van der Waals surface area contributed by atoms with E-state index in [1.807, 2.05) is 13.0 Å². The first-order valence-corrected chi connectivity index (χ1v) is 6.23. The molecule has 0 aromatic heterocycles. The zero-order valence-electron chi connectivity index (χ0n) is 10.6. The molecule has 1 unspecified atom stereocenters. The van der Waals surface area contributed by atoms with Gasteiger partial charge in [-0.05, 0) is 25.5 Å². The van der Waals surface area contributed by atoms with Gasteiger partial charge in [-0.3, -0.25) is 0 Å². The number of hydrogen-bond donors (Lipinski definition) is 1. The molecule has 0 radical (unpaired) electrons. The molecule has 106 valence electrons. The van der Waals surface area contributed by atoms with Crippen molar-refractivity contribution in [1.29, 1.82) is 0 Å². The van der Waals surface area contributed by atoms with Crippen molar-refractivity contribution >= 4 is 0 Å². The summed E-state index contributed by atoms with van der Waals surface area (Å²) in [6, 6.07) is -0.0410. The Morgan fingerprint density at radius 1 is 1.50 bits per heavy atom. The van der Waals surface area contributed by atoms with Crippen LogP contribution in [0.5, 0.6) is 0 Å². The Morgan fingerprint density at radius 3 is 2.83 bits per heavy atom. The molecule has 6 heteroatoms. The third-order valence-electron chi connectivity index (χ3n) is 2.53. The van der Waals surface area contributed by atoms with Gasteiger partial charge in [-0.1, -0.05) is 6.92 Å². The molecule has 0 aliphatic carbocycles. The number of nitrogens with one attached hydrogen (secondary N) is 1. The third kappa shape index (κ3) is 6.26. The van der Waals surface area contributed by atoms with E-state index in [0.29, 0.717) is 13.0 Å². The van der Waals surface area contributed by atoms with Crippen LogP contribution in [0.15, 0.2) is 11.8 Å². The van der Waals surface area contributed by atoms with E-state index in [1.54, 1.807) is 0 Å². The van der Waals surface area contributed by atoms with Crippen LogP contribution < -0.4 is 5.32 Å². The molecule has 18 heavy (non-hydrogen) atoms. The summed E-state index contributed by atoms with van der Waals surface area (Å²) in [7, 11) is 0. The first-order valence-electron chi connectivity index (χ1n) is 6.23. The number of hydrogen-bond acceptors (Lipinski definition) is 3. The topological polar surface area (TPSA) is 30.5 Å². The molecule has 0 aromatic rings. The predicted molar refractivity (Wildman–Crippen MR) is 62.2 cm³/mol. The molecule has 1 N–H and O–H groups in total. The molecule has 0 saturated carbocycles. The van der Waals surface area contributed by atoms with Crippen molar-refractivity contribution < 1.29 is 22.6 Å². The van der Waals surface area contributed by atoms with Gasteiger partial charge < -0.3 is 14.8 Å². The summed E-state index contributed by atoms with van der Waals surface area (Å²) in [6.45, 7) is 2.39. The highest BCUT2D eigenvalue weighted by molar-refractivity contribution is 5.07. The van der Waals surface area contributed by atoms with Gasteiger partial charge in [-0.15, -0.1) is 0 Å². The van der Waals surface area contributed by atoms with Crippen molar-refractivity contribution in [3.63, 3.8) is 0 Å². The molecule has 0 saturated heterocycles. The van der Waals surface area contributed by atoms with E-state index in [0.717, 1.165) is 25.1 Å². The lowest BCUT2D eigenvalue weighted by Gasteiger charge is -2.19. The second-order valence-corrected chi connectivity index (χ2v) is 4.21. The van der Waals surface area contributed by atoms with E-state index >= 15 is 0 Å². The van der Waals surface area contributed by atoms with Crippen LogP contribution in [0.1, 0.15) is 26.2 Å². The Labute approximate surface area is 105 Å². The molecular weight excluding hydrogens is 247 g/mol. The maximum atomic E-state index is 11.9. The second kappa shape index (κ2) is 7.63. The molecule has 0 spiro atoms. The summed E-state index contributed by atoms with van der Waals surface area (Å²) in [4.78, 5) is 0. The summed E-state index contributed by atoms with van der Waals surface area (Å²) < 4.78 is 45.8. The molecule has 1 atom stereocenters. The van der Waals surface area contributed by atoms with Crippen molar-refractivity contribution in [2.75, 3.05) is 26.4 Å². The maximum Gasteiger partial charge on any atom is 0.411 e. The van der Waals surface area contributed by atoms with Gasteiger partial charge in [0.05, 0.1) is 12.6 Å². The van der Waals surface area contributed by atoms with Crippen molar-refractivity contribution in [3.05, 3.63) is 11.8 Å². The van der Waals surface area contributed by atoms with Gasteiger partial charge in [-0.25, -0.2) is 0 Å². The van der Waals surface area contributed by atoms with E-state index < -0.39 is 12.8 Å². The predicted octanol–water partition coefficient (Wildman–Crippen LogP) is 2.63. The molecule has 1 rings (SSSR count). The molecule has 0 amide bonds. The molecule has 1 heterocycles. The lowest BCUT2D eigenvalue weighted by atomic mass is 10.1. The van der Waals surface area contributed by atoms with Crippen molar-refractivity contribution in [2.24, 2.45) is 0 Å². The summed E-state index contributed by atoms with van der Waals surface area (Å²) >= 11 is 0. The van der Waals surface area contributed by atoms with E-state index in [2.05, 4.69) is 10.1 Å². The summed E-state index contributed by atoms with van der Waals surface area (Å²) in [6.07, 6.45) is 0.0463. The first kappa shape index (κ1) is 15.3. The fourth-order valence-electron chi connectivity index (χ4n) is 1.73. The van der Waals surface area contributed by atoms with Gasteiger partial charge in [0.15, 0.2) is 0 Å². The normalized spacial score (nSPS) is 17.4. The van der Waals surface area contributed by atoms with Crippen molar-refractivity contribution in [2.45, 2.75) is 38.4 Å². The highest BCUT2D eigenvalue weighted by Crippen LogP contribution is 2.18. The van der Waals surface area contributed by atoms with Crippen LogP contribution in [-0.2, 0) is 9.47 Å². The van der Waals surface area contributed by atoms with Gasteiger partial charge in [0.1, 0.15) is 12.4 Å². The van der Waals surface area contributed by atoms with Gasteiger partial charge >= 0.3 is 6.18 Å². The van der Waals surface area contributed by atoms with Crippen molar-refractivity contribution in [1.82, 2.24) is 5.32 Å². The zero-order valence-corrected chi connectivity index (χ0v) is 10.6. The van der Waals surface area contributed by atoms with Gasteiger partial charge in [0.25, 0.3) is 0 Å².